The van der Waals surface area contributed by atoms with Gasteiger partial charge in [0.1, 0.15) is 0 Å². The molecule has 0 saturated carbocycles. The van der Waals surface area contributed by atoms with Gasteiger partial charge in [-0.15, -0.1) is 0 Å². The molecule has 1 unspecified atom stereocenters. The highest BCUT2D eigenvalue weighted by atomic mass is 15.3. The fourth-order valence-corrected chi connectivity index (χ4v) is 3.21. The molecule has 2 heterocycles. The Morgan fingerprint density at radius 2 is 1.96 bits per heavy atom. The average molecular weight is 320 g/mol. The Balaban J connectivity index is 1.76. The van der Waals surface area contributed by atoms with Crippen molar-refractivity contribution in [2.75, 3.05) is 33.2 Å². The molecule has 0 radical (unpaired) electrons. The molecule has 0 amide bonds. The molecule has 6 heteroatoms. The number of aliphatic imine (C=N–C) groups is 1. The first-order chi connectivity index (χ1) is 11.0. The standard InChI is InChI=1S/C17H32N6/c1-13(12-23-8-6-7-9-23)10-19-17(18-4)20-11-16-14(2)21-22(5)15(16)3/h13H,6-12H2,1-5H3,(H2,18,19,20). The smallest absolute Gasteiger partial charge is 0.191 e. The average Bonchev–Trinajstić information content (AvgIpc) is 3.10. The number of guanidine groups is 1. The minimum absolute atomic E-state index is 0.619. The van der Waals surface area contributed by atoms with Gasteiger partial charge in [-0.05, 0) is 45.7 Å². The largest absolute Gasteiger partial charge is 0.356 e. The highest BCUT2D eigenvalue weighted by Crippen LogP contribution is 2.11. The third-order valence-electron chi connectivity index (χ3n) is 4.70. The van der Waals surface area contributed by atoms with E-state index in [2.05, 4.69) is 46.4 Å². The molecule has 6 nitrogen and oxygen atoms in total. The lowest BCUT2D eigenvalue weighted by Gasteiger charge is -2.21. The van der Waals surface area contributed by atoms with Crippen LogP contribution in [0.3, 0.4) is 0 Å². The number of aromatic nitrogens is 2. The van der Waals surface area contributed by atoms with Gasteiger partial charge in [-0.2, -0.15) is 5.10 Å². The topological polar surface area (TPSA) is 57.5 Å². The number of hydrogen-bond acceptors (Lipinski definition) is 3. The van der Waals surface area contributed by atoms with E-state index in [1.807, 2.05) is 18.8 Å². The Bertz CT molecular complexity index is 527. The van der Waals surface area contributed by atoms with Gasteiger partial charge in [-0.1, -0.05) is 6.92 Å². The van der Waals surface area contributed by atoms with E-state index < -0.39 is 0 Å². The maximum atomic E-state index is 4.46. The van der Waals surface area contributed by atoms with Crippen molar-refractivity contribution in [1.29, 1.82) is 0 Å². The lowest BCUT2D eigenvalue weighted by Crippen LogP contribution is -2.41. The molecular weight excluding hydrogens is 288 g/mol. The molecule has 1 aromatic heterocycles. The van der Waals surface area contributed by atoms with E-state index in [0.717, 1.165) is 24.7 Å². The Hall–Kier alpha value is -1.56. The summed E-state index contributed by atoms with van der Waals surface area (Å²) in [5.74, 6) is 1.48. The molecule has 130 valence electrons. The normalized spacial score (nSPS) is 17.5. The summed E-state index contributed by atoms with van der Waals surface area (Å²) in [7, 11) is 3.81. The minimum Gasteiger partial charge on any atom is -0.356 e. The number of rotatable bonds is 6. The molecule has 1 saturated heterocycles. The highest BCUT2D eigenvalue weighted by Gasteiger charge is 2.15. The fraction of sp³-hybridized carbons (Fsp3) is 0.765. The van der Waals surface area contributed by atoms with Crippen LogP contribution in [0, 0.1) is 19.8 Å². The number of likely N-dealkylation sites (tertiary alicyclic amines) is 1. The van der Waals surface area contributed by atoms with Crippen LogP contribution in [0.25, 0.3) is 0 Å². The van der Waals surface area contributed by atoms with Crippen molar-refractivity contribution in [2.24, 2.45) is 18.0 Å². The van der Waals surface area contributed by atoms with Crippen molar-refractivity contribution in [3.05, 3.63) is 17.0 Å². The Labute approximate surface area is 140 Å². The molecule has 2 N–H and O–H groups in total. The van der Waals surface area contributed by atoms with Crippen LogP contribution in [0.1, 0.15) is 36.7 Å². The summed E-state index contributed by atoms with van der Waals surface area (Å²) >= 11 is 0. The van der Waals surface area contributed by atoms with Crippen LogP contribution in [0.15, 0.2) is 4.99 Å². The first-order valence-corrected chi connectivity index (χ1v) is 8.67. The Morgan fingerprint density at radius 3 is 2.52 bits per heavy atom. The van der Waals surface area contributed by atoms with Crippen LogP contribution in [0.4, 0.5) is 0 Å². The highest BCUT2D eigenvalue weighted by molar-refractivity contribution is 5.79. The zero-order valence-corrected chi connectivity index (χ0v) is 15.3. The number of aryl methyl sites for hydroxylation is 2. The second-order valence-electron chi connectivity index (χ2n) is 6.69. The van der Waals surface area contributed by atoms with Crippen molar-refractivity contribution in [2.45, 2.75) is 40.2 Å². The van der Waals surface area contributed by atoms with Crippen LogP contribution < -0.4 is 10.6 Å². The van der Waals surface area contributed by atoms with Crippen LogP contribution in [0.2, 0.25) is 0 Å². The predicted octanol–water partition coefficient (Wildman–Crippen LogP) is 1.43. The van der Waals surface area contributed by atoms with Gasteiger partial charge in [0.05, 0.1) is 5.69 Å². The molecule has 1 aliphatic rings. The minimum atomic E-state index is 0.619. The summed E-state index contributed by atoms with van der Waals surface area (Å²) in [5.41, 5.74) is 3.53. The van der Waals surface area contributed by atoms with Gasteiger partial charge in [-0.25, -0.2) is 0 Å². The molecule has 2 rings (SSSR count). The van der Waals surface area contributed by atoms with Gasteiger partial charge in [0, 0.05) is 45.0 Å². The summed E-state index contributed by atoms with van der Waals surface area (Å²) < 4.78 is 1.93. The van der Waals surface area contributed by atoms with Gasteiger partial charge in [0.15, 0.2) is 5.96 Å². The lowest BCUT2D eigenvalue weighted by atomic mass is 10.1. The molecule has 1 aliphatic heterocycles. The third kappa shape index (κ3) is 4.96. The van der Waals surface area contributed by atoms with Crippen LogP contribution in [-0.4, -0.2) is 53.9 Å². The maximum Gasteiger partial charge on any atom is 0.191 e. The van der Waals surface area contributed by atoms with E-state index in [1.54, 1.807) is 0 Å². The van der Waals surface area contributed by atoms with Gasteiger partial charge in [-0.3, -0.25) is 9.67 Å². The van der Waals surface area contributed by atoms with E-state index in [9.17, 15) is 0 Å². The second-order valence-corrected chi connectivity index (χ2v) is 6.69. The summed E-state index contributed by atoms with van der Waals surface area (Å²) in [5, 5.41) is 11.3. The SMILES string of the molecule is CN=C(NCc1c(C)nn(C)c1C)NCC(C)CN1CCCC1. The van der Waals surface area contributed by atoms with Gasteiger partial charge in [0.2, 0.25) is 0 Å². The zero-order chi connectivity index (χ0) is 16.8. The second kappa shape index (κ2) is 8.34. The van der Waals surface area contributed by atoms with E-state index in [-0.39, 0.29) is 0 Å². The van der Waals surface area contributed by atoms with Crippen molar-refractivity contribution in [3.8, 4) is 0 Å². The van der Waals surface area contributed by atoms with Gasteiger partial charge in [0.25, 0.3) is 0 Å². The molecular formula is C17H32N6. The van der Waals surface area contributed by atoms with Crippen molar-refractivity contribution >= 4 is 5.96 Å². The predicted molar refractivity (Wildman–Crippen MR) is 95.7 cm³/mol. The van der Waals surface area contributed by atoms with Crippen molar-refractivity contribution in [1.82, 2.24) is 25.3 Å². The Kier molecular flexibility index (Phi) is 6.45. The van der Waals surface area contributed by atoms with Crippen molar-refractivity contribution in [3.63, 3.8) is 0 Å². The molecule has 0 aromatic carbocycles. The van der Waals surface area contributed by atoms with Gasteiger partial charge < -0.3 is 15.5 Å². The van der Waals surface area contributed by atoms with Crippen LogP contribution in [-0.2, 0) is 13.6 Å². The third-order valence-corrected chi connectivity index (χ3v) is 4.70. The summed E-state index contributed by atoms with van der Waals surface area (Å²) in [4.78, 5) is 6.89. The molecule has 0 spiro atoms. The van der Waals surface area contributed by atoms with Crippen LogP contribution in [0.5, 0.6) is 0 Å². The van der Waals surface area contributed by atoms with E-state index in [0.29, 0.717) is 5.92 Å². The molecule has 0 aliphatic carbocycles. The zero-order valence-electron chi connectivity index (χ0n) is 15.3. The molecule has 1 aromatic rings. The fourth-order valence-electron chi connectivity index (χ4n) is 3.21. The van der Waals surface area contributed by atoms with Gasteiger partial charge >= 0.3 is 0 Å². The van der Waals surface area contributed by atoms with Crippen molar-refractivity contribution < 1.29 is 0 Å². The van der Waals surface area contributed by atoms with E-state index in [1.165, 1.54) is 43.7 Å². The van der Waals surface area contributed by atoms with E-state index >= 15 is 0 Å². The molecule has 0 bridgehead atoms. The maximum absolute atomic E-state index is 4.46. The van der Waals surface area contributed by atoms with E-state index in [4.69, 9.17) is 0 Å². The molecule has 1 fully saturated rings. The monoisotopic (exact) mass is 320 g/mol. The van der Waals surface area contributed by atoms with Crippen LogP contribution >= 0.6 is 0 Å². The number of nitrogens with zero attached hydrogens (tertiary/aromatic N) is 4. The summed E-state index contributed by atoms with van der Waals surface area (Å²) in [6.45, 7) is 11.9. The first-order valence-electron chi connectivity index (χ1n) is 8.67. The summed E-state index contributed by atoms with van der Waals surface area (Å²) in [6, 6.07) is 0. The molecule has 23 heavy (non-hydrogen) atoms. The number of nitrogens with one attached hydrogen (secondary N) is 2. The quantitative estimate of drug-likeness (QED) is 0.615. The first kappa shape index (κ1) is 17.8. The number of hydrogen-bond donors (Lipinski definition) is 2. The lowest BCUT2D eigenvalue weighted by molar-refractivity contribution is 0.287. The molecule has 1 atom stereocenters. The Morgan fingerprint density at radius 1 is 1.26 bits per heavy atom. The summed E-state index contributed by atoms with van der Waals surface area (Å²) in [6.07, 6.45) is 2.71.